The van der Waals surface area contributed by atoms with Gasteiger partial charge in [-0.1, -0.05) is 24.3 Å². The largest absolute Gasteiger partial charge is 0.381 e. The third-order valence-electron chi connectivity index (χ3n) is 6.02. The third kappa shape index (κ3) is 7.89. The summed E-state index contributed by atoms with van der Waals surface area (Å²) in [7, 11) is 0. The Morgan fingerprint density at radius 3 is 2.67 bits per heavy atom. The highest BCUT2D eigenvalue weighted by molar-refractivity contribution is 5.80. The van der Waals surface area contributed by atoms with Crippen LogP contribution in [0.4, 0.5) is 0 Å². The van der Waals surface area contributed by atoms with E-state index in [1.165, 1.54) is 11.1 Å². The van der Waals surface area contributed by atoms with E-state index in [0.717, 1.165) is 90.6 Å². The number of ether oxygens (including phenoxy) is 2. The van der Waals surface area contributed by atoms with Crippen LogP contribution in [0.25, 0.3) is 0 Å². The zero-order valence-corrected chi connectivity index (χ0v) is 18.9. The van der Waals surface area contributed by atoms with E-state index in [4.69, 9.17) is 14.5 Å². The van der Waals surface area contributed by atoms with Crippen molar-refractivity contribution in [3.63, 3.8) is 0 Å². The van der Waals surface area contributed by atoms with Gasteiger partial charge in [0.05, 0.1) is 6.10 Å². The first-order valence-electron chi connectivity index (χ1n) is 11.8. The highest BCUT2D eigenvalue weighted by Crippen LogP contribution is 2.16. The Labute approximate surface area is 182 Å². The Morgan fingerprint density at radius 1 is 1.17 bits per heavy atom. The number of aryl methyl sites for hydroxylation is 1. The standard InChI is InChI=1S/C24H40N4O2/c1-3-25-24(26-13-6-16-30-23-11-17-29-18-12-23)27-22-9-14-28(15-10-22)19-21-8-5-4-7-20(21)2/h4-5,7-8,22-23H,3,6,9-19H2,1-2H3,(H2,25,26,27). The maximum atomic E-state index is 5.95. The van der Waals surface area contributed by atoms with Crippen LogP contribution < -0.4 is 10.6 Å². The van der Waals surface area contributed by atoms with E-state index in [1.807, 2.05) is 0 Å². The van der Waals surface area contributed by atoms with Gasteiger partial charge in [-0.05, 0) is 57.1 Å². The highest BCUT2D eigenvalue weighted by Gasteiger charge is 2.20. The van der Waals surface area contributed by atoms with Crippen LogP contribution in [0, 0.1) is 6.92 Å². The minimum atomic E-state index is 0.374. The molecule has 168 valence electrons. The van der Waals surface area contributed by atoms with Crippen molar-refractivity contribution in [2.75, 3.05) is 46.0 Å². The molecule has 0 aliphatic carbocycles. The van der Waals surface area contributed by atoms with Gasteiger partial charge in [0.25, 0.3) is 0 Å². The van der Waals surface area contributed by atoms with Gasteiger partial charge in [0, 0.05) is 58.6 Å². The van der Waals surface area contributed by atoms with E-state index in [2.05, 4.69) is 53.6 Å². The molecular formula is C24H40N4O2. The molecule has 1 aromatic rings. The monoisotopic (exact) mass is 416 g/mol. The van der Waals surface area contributed by atoms with Crippen molar-refractivity contribution in [3.05, 3.63) is 35.4 Å². The average molecular weight is 417 g/mol. The van der Waals surface area contributed by atoms with Gasteiger partial charge in [-0.15, -0.1) is 0 Å². The lowest BCUT2D eigenvalue weighted by Crippen LogP contribution is -2.48. The Bertz CT molecular complexity index is 638. The summed E-state index contributed by atoms with van der Waals surface area (Å²) in [6, 6.07) is 9.21. The quantitative estimate of drug-likeness (QED) is 0.368. The summed E-state index contributed by atoms with van der Waals surface area (Å²) in [5.74, 6) is 0.945. The zero-order chi connectivity index (χ0) is 21.0. The molecule has 0 bridgehead atoms. The molecule has 2 N–H and O–H groups in total. The Hall–Kier alpha value is -1.63. The Balaban J connectivity index is 1.35. The molecule has 2 fully saturated rings. The van der Waals surface area contributed by atoms with E-state index >= 15 is 0 Å². The number of nitrogens with one attached hydrogen (secondary N) is 2. The number of rotatable bonds is 9. The molecule has 0 atom stereocenters. The van der Waals surface area contributed by atoms with Gasteiger partial charge >= 0.3 is 0 Å². The molecule has 0 saturated carbocycles. The molecule has 0 unspecified atom stereocenters. The first kappa shape index (κ1) is 23.0. The second kappa shape index (κ2) is 12.9. The maximum Gasteiger partial charge on any atom is 0.191 e. The average Bonchev–Trinajstić information content (AvgIpc) is 2.77. The number of hydrogen-bond donors (Lipinski definition) is 2. The van der Waals surface area contributed by atoms with Crippen molar-refractivity contribution in [2.24, 2.45) is 4.99 Å². The van der Waals surface area contributed by atoms with E-state index in [0.29, 0.717) is 12.1 Å². The number of nitrogens with zero attached hydrogens (tertiary/aromatic N) is 2. The lowest BCUT2D eigenvalue weighted by molar-refractivity contribution is -0.0318. The Kier molecular flexibility index (Phi) is 9.93. The molecule has 6 nitrogen and oxygen atoms in total. The van der Waals surface area contributed by atoms with Gasteiger partial charge in [-0.3, -0.25) is 9.89 Å². The van der Waals surface area contributed by atoms with Crippen LogP contribution in [-0.4, -0.2) is 69.0 Å². The number of benzene rings is 1. The highest BCUT2D eigenvalue weighted by atomic mass is 16.5. The predicted octanol–water partition coefficient (Wildman–Crippen LogP) is 3.10. The fraction of sp³-hybridized carbons (Fsp3) is 0.708. The molecule has 30 heavy (non-hydrogen) atoms. The summed E-state index contributed by atoms with van der Waals surface area (Å²) in [6.45, 7) is 11.8. The predicted molar refractivity (Wildman–Crippen MR) is 123 cm³/mol. The van der Waals surface area contributed by atoms with E-state index in [1.54, 1.807) is 0 Å². The van der Waals surface area contributed by atoms with Crippen molar-refractivity contribution in [2.45, 2.75) is 64.6 Å². The molecule has 0 amide bonds. The molecule has 6 heteroatoms. The van der Waals surface area contributed by atoms with Gasteiger partial charge < -0.3 is 20.1 Å². The van der Waals surface area contributed by atoms with Crippen LogP contribution in [0.1, 0.15) is 50.2 Å². The van der Waals surface area contributed by atoms with Gasteiger partial charge in [0.2, 0.25) is 0 Å². The smallest absolute Gasteiger partial charge is 0.191 e. The van der Waals surface area contributed by atoms with Gasteiger partial charge in [-0.25, -0.2) is 0 Å². The van der Waals surface area contributed by atoms with Crippen LogP contribution in [-0.2, 0) is 16.0 Å². The summed E-state index contributed by atoms with van der Waals surface area (Å²) < 4.78 is 11.3. The second-order valence-corrected chi connectivity index (χ2v) is 8.42. The SMILES string of the molecule is CCNC(=NCCCOC1CCOCC1)NC1CCN(Cc2ccccc2C)CC1. The molecule has 0 radical (unpaired) electrons. The number of hydrogen-bond acceptors (Lipinski definition) is 4. The molecular weight excluding hydrogens is 376 g/mol. The van der Waals surface area contributed by atoms with E-state index in [9.17, 15) is 0 Å². The summed E-state index contributed by atoms with van der Waals surface area (Å²) in [5.41, 5.74) is 2.84. The lowest BCUT2D eigenvalue weighted by atomic mass is 10.0. The fourth-order valence-corrected chi connectivity index (χ4v) is 4.13. The number of piperidine rings is 1. The van der Waals surface area contributed by atoms with E-state index in [-0.39, 0.29) is 0 Å². The topological polar surface area (TPSA) is 58.1 Å². The zero-order valence-electron chi connectivity index (χ0n) is 18.9. The molecule has 0 spiro atoms. The second-order valence-electron chi connectivity index (χ2n) is 8.42. The molecule has 3 rings (SSSR count). The summed E-state index contributed by atoms with van der Waals surface area (Å²) >= 11 is 0. The van der Waals surface area contributed by atoms with Crippen LogP contribution >= 0.6 is 0 Å². The molecule has 2 saturated heterocycles. The number of aliphatic imine (C=N–C) groups is 1. The molecule has 2 aliphatic rings. The molecule has 1 aromatic carbocycles. The van der Waals surface area contributed by atoms with Gasteiger partial charge in [0.1, 0.15) is 0 Å². The van der Waals surface area contributed by atoms with Crippen LogP contribution in [0.3, 0.4) is 0 Å². The summed E-state index contributed by atoms with van der Waals surface area (Å²) in [4.78, 5) is 7.33. The van der Waals surface area contributed by atoms with Crippen LogP contribution in [0.15, 0.2) is 29.3 Å². The fourth-order valence-electron chi connectivity index (χ4n) is 4.13. The first-order valence-corrected chi connectivity index (χ1v) is 11.8. The van der Waals surface area contributed by atoms with Crippen molar-refractivity contribution in [1.29, 1.82) is 0 Å². The van der Waals surface area contributed by atoms with Crippen molar-refractivity contribution >= 4 is 5.96 Å². The third-order valence-corrected chi connectivity index (χ3v) is 6.02. The first-order chi connectivity index (χ1) is 14.7. The molecule has 2 aliphatic heterocycles. The number of likely N-dealkylation sites (tertiary alicyclic amines) is 1. The van der Waals surface area contributed by atoms with Crippen LogP contribution in [0.5, 0.6) is 0 Å². The molecule has 0 aromatic heterocycles. The van der Waals surface area contributed by atoms with Crippen molar-refractivity contribution in [1.82, 2.24) is 15.5 Å². The normalized spacial score (nSPS) is 19.7. The minimum absolute atomic E-state index is 0.374. The van der Waals surface area contributed by atoms with E-state index < -0.39 is 0 Å². The van der Waals surface area contributed by atoms with Gasteiger partial charge in [0.15, 0.2) is 5.96 Å². The molecule has 2 heterocycles. The number of guanidine groups is 1. The van der Waals surface area contributed by atoms with Gasteiger partial charge in [-0.2, -0.15) is 0 Å². The van der Waals surface area contributed by atoms with Crippen LogP contribution in [0.2, 0.25) is 0 Å². The summed E-state index contributed by atoms with van der Waals surface area (Å²) in [6.07, 6.45) is 5.69. The summed E-state index contributed by atoms with van der Waals surface area (Å²) in [5, 5.41) is 7.04. The van der Waals surface area contributed by atoms with Crippen molar-refractivity contribution < 1.29 is 9.47 Å². The minimum Gasteiger partial charge on any atom is -0.381 e. The van der Waals surface area contributed by atoms with Crippen molar-refractivity contribution in [3.8, 4) is 0 Å². The maximum absolute atomic E-state index is 5.95. The lowest BCUT2D eigenvalue weighted by Gasteiger charge is -2.33. The Morgan fingerprint density at radius 2 is 1.93 bits per heavy atom.